The van der Waals surface area contributed by atoms with E-state index in [0.717, 1.165) is 21.9 Å². The highest BCUT2D eigenvalue weighted by Crippen LogP contribution is 2.20. The zero-order valence-electron chi connectivity index (χ0n) is 8.39. The molecule has 0 N–H and O–H groups in total. The molecule has 2 aromatic heterocycles. The van der Waals surface area contributed by atoms with Crippen molar-refractivity contribution in [2.45, 2.75) is 0 Å². The molecule has 0 saturated heterocycles. The SMILES string of the molecule is Clc1ccc(-c2[c]n3ccccc3n2)cc1. The molecule has 2 nitrogen and oxygen atoms in total. The third-order valence-electron chi connectivity index (χ3n) is 2.41. The van der Waals surface area contributed by atoms with Crippen LogP contribution >= 0.6 is 11.6 Å². The Kier molecular flexibility index (Phi) is 2.15. The fraction of sp³-hybridized carbons (Fsp3) is 0. The van der Waals surface area contributed by atoms with Crippen LogP contribution in [0.1, 0.15) is 0 Å². The third kappa shape index (κ3) is 1.57. The molecule has 0 atom stereocenters. The van der Waals surface area contributed by atoms with Gasteiger partial charge in [-0.05, 0) is 24.3 Å². The van der Waals surface area contributed by atoms with Crippen LogP contribution < -0.4 is 0 Å². The van der Waals surface area contributed by atoms with E-state index in [1.165, 1.54) is 0 Å². The second kappa shape index (κ2) is 3.65. The van der Waals surface area contributed by atoms with E-state index in [-0.39, 0.29) is 0 Å². The Bertz CT molecular complexity index is 593. The van der Waals surface area contributed by atoms with Gasteiger partial charge in [0.05, 0.1) is 11.9 Å². The lowest BCUT2D eigenvalue weighted by Crippen LogP contribution is -1.78. The second-order valence-electron chi connectivity index (χ2n) is 3.51. The molecule has 16 heavy (non-hydrogen) atoms. The van der Waals surface area contributed by atoms with Gasteiger partial charge in [-0.1, -0.05) is 29.8 Å². The summed E-state index contributed by atoms with van der Waals surface area (Å²) in [5, 5.41) is 0.729. The predicted molar refractivity (Wildman–Crippen MR) is 64.5 cm³/mol. The van der Waals surface area contributed by atoms with Crippen LogP contribution in [0.5, 0.6) is 0 Å². The lowest BCUT2D eigenvalue weighted by molar-refractivity contribution is 1.18. The van der Waals surface area contributed by atoms with Gasteiger partial charge in [0.2, 0.25) is 0 Å². The number of rotatable bonds is 1. The second-order valence-corrected chi connectivity index (χ2v) is 3.94. The van der Waals surface area contributed by atoms with Crippen molar-refractivity contribution in [1.29, 1.82) is 0 Å². The lowest BCUT2D eigenvalue weighted by Gasteiger charge is -1.94. The highest BCUT2D eigenvalue weighted by Gasteiger charge is 2.03. The molecule has 0 spiro atoms. The van der Waals surface area contributed by atoms with Crippen LogP contribution in [0.25, 0.3) is 16.9 Å². The Morgan fingerprint density at radius 3 is 2.62 bits per heavy atom. The molecular formula is C13H8ClN2. The van der Waals surface area contributed by atoms with Crippen LogP contribution in [0.2, 0.25) is 5.02 Å². The topological polar surface area (TPSA) is 17.3 Å². The van der Waals surface area contributed by atoms with Crippen LogP contribution in [0.4, 0.5) is 0 Å². The molecule has 77 valence electrons. The quantitative estimate of drug-likeness (QED) is 0.622. The van der Waals surface area contributed by atoms with Crippen molar-refractivity contribution in [3.05, 3.63) is 59.9 Å². The Morgan fingerprint density at radius 1 is 1.06 bits per heavy atom. The predicted octanol–water partition coefficient (Wildman–Crippen LogP) is 3.45. The fourth-order valence-electron chi connectivity index (χ4n) is 1.61. The first-order chi connectivity index (χ1) is 7.83. The number of fused-ring (bicyclic) bond motifs is 1. The molecule has 3 heteroatoms. The molecule has 2 heterocycles. The van der Waals surface area contributed by atoms with Crippen molar-refractivity contribution >= 4 is 17.2 Å². The molecule has 0 amide bonds. The normalized spacial score (nSPS) is 10.8. The Hall–Kier alpha value is -1.80. The van der Waals surface area contributed by atoms with E-state index in [4.69, 9.17) is 11.6 Å². The van der Waals surface area contributed by atoms with Crippen molar-refractivity contribution in [3.63, 3.8) is 0 Å². The summed E-state index contributed by atoms with van der Waals surface area (Å²) in [5.41, 5.74) is 2.75. The van der Waals surface area contributed by atoms with Gasteiger partial charge in [-0.2, -0.15) is 0 Å². The molecule has 0 fully saturated rings. The minimum Gasteiger partial charge on any atom is -0.298 e. The van der Waals surface area contributed by atoms with Gasteiger partial charge in [0.15, 0.2) is 0 Å². The van der Waals surface area contributed by atoms with Crippen molar-refractivity contribution in [2.24, 2.45) is 0 Å². The molecule has 3 rings (SSSR count). The Morgan fingerprint density at radius 2 is 1.88 bits per heavy atom. The number of halogens is 1. The van der Waals surface area contributed by atoms with Crippen LogP contribution in [-0.4, -0.2) is 9.38 Å². The van der Waals surface area contributed by atoms with E-state index in [0.29, 0.717) is 0 Å². The van der Waals surface area contributed by atoms with E-state index in [1.807, 2.05) is 53.1 Å². The summed E-state index contributed by atoms with van der Waals surface area (Å²) >= 11 is 5.84. The highest BCUT2D eigenvalue weighted by molar-refractivity contribution is 6.30. The van der Waals surface area contributed by atoms with Gasteiger partial charge in [0, 0.05) is 16.8 Å². The van der Waals surface area contributed by atoms with Crippen LogP contribution in [0.3, 0.4) is 0 Å². The maximum Gasteiger partial charge on any atom is 0.137 e. The molecule has 0 aliphatic heterocycles. The molecule has 1 aromatic carbocycles. The summed E-state index contributed by atoms with van der Waals surface area (Å²) in [6.45, 7) is 0. The minimum absolute atomic E-state index is 0.729. The average Bonchev–Trinajstić information content (AvgIpc) is 2.73. The maximum atomic E-state index is 5.84. The van der Waals surface area contributed by atoms with Crippen molar-refractivity contribution in [1.82, 2.24) is 9.38 Å². The van der Waals surface area contributed by atoms with Gasteiger partial charge in [0.1, 0.15) is 5.65 Å². The largest absolute Gasteiger partial charge is 0.298 e. The molecule has 0 saturated carbocycles. The molecule has 0 unspecified atom stereocenters. The lowest BCUT2D eigenvalue weighted by atomic mass is 10.2. The Labute approximate surface area is 98.1 Å². The van der Waals surface area contributed by atoms with Crippen LogP contribution in [0.15, 0.2) is 48.7 Å². The number of benzene rings is 1. The molecule has 1 radical (unpaired) electrons. The number of imidazole rings is 1. The minimum atomic E-state index is 0.729. The van der Waals surface area contributed by atoms with Gasteiger partial charge >= 0.3 is 0 Å². The van der Waals surface area contributed by atoms with Crippen molar-refractivity contribution in [2.75, 3.05) is 0 Å². The van der Waals surface area contributed by atoms with E-state index in [9.17, 15) is 0 Å². The first-order valence-corrected chi connectivity index (χ1v) is 5.33. The summed E-state index contributed by atoms with van der Waals surface area (Å²) < 4.78 is 1.88. The monoisotopic (exact) mass is 227 g/mol. The zero-order chi connectivity index (χ0) is 11.0. The van der Waals surface area contributed by atoms with Gasteiger partial charge < -0.3 is 0 Å². The molecule has 0 aliphatic carbocycles. The zero-order valence-corrected chi connectivity index (χ0v) is 9.15. The van der Waals surface area contributed by atoms with Crippen LogP contribution in [-0.2, 0) is 0 Å². The fourth-order valence-corrected chi connectivity index (χ4v) is 1.74. The summed E-state index contributed by atoms with van der Waals surface area (Å²) in [7, 11) is 0. The van der Waals surface area contributed by atoms with Crippen LogP contribution in [0, 0.1) is 6.20 Å². The van der Waals surface area contributed by atoms with Gasteiger partial charge in [-0.3, -0.25) is 4.40 Å². The average molecular weight is 228 g/mol. The van der Waals surface area contributed by atoms with Gasteiger partial charge in [0.25, 0.3) is 0 Å². The van der Waals surface area contributed by atoms with E-state index in [1.54, 1.807) is 0 Å². The number of hydrogen-bond acceptors (Lipinski definition) is 1. The first kappa shape index (κ1) is 9.43. The number of hydrogen-bond donors (Lipinski definition) is 0. The number of pyridine rings is 1. The standard InChI is InChI=1S/C13H8ClN2/c14-11-6-4-10(5-7-11)12-9-16-8-2-1-3-13(16)15-12/h1-8H. The van der Waals surface area contributed by atoms with E-state index >= 15 is 0 Å². The van der Waals surface area contributed by atoms with Crippen molar-refractivity contribution < 1.29 is 0 Å². The summed E-state index contributed by atoms with van der Waals surface area (Å²) in [4.78, 5) is 4.48. The molecule has 3 aromatic rings. The summed E-state index contributed by atoms with van der Waals surface area (Å²) in [6.07, 6.45) is 5.13. The smallest absolute Gasteiger partial charge is 0.137 e. The molecule has 0 bridgehead atoms. The highest BCUT2D eigenvalue weighted by atomic mass is 35.5. The van der Waals surface area contributed by atoms with Gasteiger partial charge in [-0.25, -0.2) is 4.98 Å². The van der Waals surface area contributed by atoms with Crippen molar-refractivity contribution in [3.8, 4) is 11.3 Å². The summed E-state index contributed by atoms with van der Waals surface area (Å²) in [6, 6.07) is 13.5. The summed E-state index contributed by atoms with van der Waals surface area (Å²) in [5.74, 6) is 0. The number of nitrogens with zero attached hydrogens (tertiary/aromatic N) is 2. The van der Waals surface area contributed by atoms with E-state index < -0.39 is 0 Å². The van der Waals surface area contributed by atoms with E-state index in [2.05, 4.69) is 11.2 Å². The first-order valence-electron chi connectivity index (χ1n) is 4.95. The van der Waals surface area contributed by atoms with Gasteiger partial charge in [-0.15, -0.1) is 0 Å². The maximum absolute atomic E-state index is 5.84. The molecular weight excluding hydrogens is 220 g/mol. The molecule has 0 aliphatic rings. The number of aromatic nitrogens is 2. The Balaban J connectivity index is 2.15. The third-order valence-corrected chi connectivity index (χ3v) is 2.66.